The summed E-state index contributed by atoms with van der Waals surface area (Å²) in [4.78, 5) is 4.47. The van der Waals surface area contributed by atoms with Crippen LogP contribution in [0.2, 0.25) is 5.02 Å². The molecule has 0 N–H and O–H groups in total. The molecule has 0 unspecified atom stereocenters. The molecule has 0 bridgehead atoms. The molecule has 14 heavy (non-hydrogen) atoms. The molecule has 0 amide bonds. The minimum atomic E-state index is 0.760. The van der Waals surface area contributed by atoms with Gasteiger partial charge >= 0.3 is 0 Å². The van der Waals surface area contributed by atoms with Crippen molar-refractivity contribution >= 4 is 34.7 Å². The molecule has 2 aromatic rings. The number of benzene rings is 1. The monoisotopic (exact) mass is 241 g/mol. The Morgan fingerprint density at radius 1 is 1.29 bits per heavy atom. The largest absolute Gasteiger partial charge is 0.230 e. The summed E-state index contributed by atoms with van der Waals surface area (Å²) in [6.45, 7) is 0. The van der Waals surface area contributed by atoms with Crippen molar-refractivity contribution in [3.63, 3.8) is 0 Å². The first-order chi connectivity index (χ1) is 6.79. The topological polar surface area (TPSA) is 12.9 Å². The van der Waals surface area contributed by atoms with Crippen LogP contribution in [-0.4, -0.2) is 11.2 Å². The van der Waals surface area contributed by atoms with E-state index >= 15 is 0 Å². The maximum absolute atomic E-state index is 5.81. The number of halogens is 1. The molecule has 0 radical (unpaired) electrons. The van der Waals surface area contributed by atoms with Gasteiger partial charge in [-0.25, -0.2) is 4.98 Å². The third-order valence-corrected chi connectivity index (χ3v) is 3.70. The zero-order chi connectivity index (χ0) is 9.97. The molecule has 1 aromatic carbocycles. The first-order valence-electron chi connectivity index (χ1n) is 4.05. The zero-order valence-electron chi connectivity index (χ0n) is 7.53. The first-order valence-corrected chi connectivity index (χ1v) is 6.53. The van der Waals surface area contributed by atoms with E-state index in [2.05, 4.69) is 10.4 Å². The van der Waals surface area contributed by atoms with Crippen molar-refractivity contribution in [2.45, 2.75) is 5.03 Å². The second-order valence-corrected chi connectivity index (χ2v) is 4.82. The van der Waals surface area contributed by atoms with Crippen LogP contribution in [-0.2, 0) is 0 Å². The van der Waals surface area contributed by atoms with Crippen molar-refractivity contribution in [3.8, 4) is 10.6 Å². The molecule has 1 heterocycles. The van der Waals surface area contributed by atoms with Crippen LogP contribution < -0.4 is 0 Å². The molecule has 0 aliphatic carbocycles. The zero-order valence-corrected chi connectivity index (χ0v) is 9.92. The summed E-state index contributed by atoms with van der Waals surface area (Å²) in [5, 5.41) is 4.94. The molecule has 0 saturated carbocycles. The highest BCUT2D eigenvalue weighted by molar-refractivity contribution is 7.98. The van der Waals surface area contributed by atoms with Gasteiger partial charge in [-0.2, -0.15) is 0 Å². The molecule has 2 rings (SSSR count). The van der Waals surface area contributed by atoms with Crippen molar-refractivity contribution in [1.82, 2.24) is 4.98 Å². The molecular formula is C10H8ClNS2. The molecule has 0 saturated heterocycles. The van der Waals surface area contributed by atoms with Crippen LogP contribution in [0.4, 0.5) is 0 Å². The van der Waals surface area contributed by atoms with Crippen molar-refractivity contribution in [2.24, 2.45) is 0 Å². The molecule has 0 aliphatic rings. The maximum Gasteiger partial charge on any atom is 0.124 e. The summed E-state index contributed by atoms with van der Waals surface area (Å²) in [5.41, 5.74) is 1.12. The third kappa shape index (κ3) is 2.11. The van der Waals surface area contributed by atoms with Gasteiger partial charge in [-0.3, -0.25) is 0 Å². The van der Waals surface area contributed by atoms with Gasteiger partial charge in [0.15, 0.2) is 0 Å². The molecule has 1 nitrogen and oxygen atoms in total. The fourth-order valence-electron chi connectivity index (χ4n) is 1.08. The van der Waals surface area contributed by atoms with Gasteiger partial charge in [-0.05, 0) is 18.4 Å². The number of rotatable bonds is 2. The van der Waals surface area contributed by atoms with E-state index < -0.39 is 0 Å². The summed E-state index contributed by atoms with van der Waals surface area (Å²) in [7, 11) is 0. The second-order valence-electron chi connectivity index (χ2n) is 2.70. The van der Waals surface area contributed by atoms with E-state index in [0.717, 1.165) is 20.6 Å². The van der Waals surface area contributed by atoms with Gasteiger partial charge in [0.2, 0.25) is 0 Å². The Hall–Kier alpha value is -0.510. The maximum atomic E-state index is 5.81. The van der Waals surface area contributed by atoms with Gasteiger partial charge in [0.25, 0.3) is 0 Å². The van der Waals surface area contributed by atoms with Crippen molar-refractivity contribution in [2.75, 3.05) is 6.26 Å². The van der Waals surface area contributed by atoms with Gasteiger partial charge in [-0.1, -0.05) is 23.7 Å². The lowest BCUT2D eigenvalue weighted by Crippen LogP contribution is -1.75. The summed E-state index contributed by atoms with van der Waals surface area (Å²) in [6, 6.07) is 7.75. The quantitative estimate of drug-likeness (QED) is 0.732. The van der Waals surface area contributed by atoms with E-state index in [1.165, 1.54) is 0 Å². The van der Waals surface area contributed by atoms with Gasteiger partial charge < -0.3 is 0 Å². The number of thioether (sulfide) groups is 1. The summed E-state index contributed by atoms with van der Waals surface area (Å²) < 4.78 is 0. The van der Waals surface area contributed by atoms with Crippen LogP contribution in [0.25, 0.3) is 10.6 Å². The summed E-state index contributed by atoms with van der Waals surface area (Å²) >= 11 is 9.13. The van der Waals surface area contributed by atoms with Gasteiger partial charge in [0, 0.05) is 16.0 Å². The average Bonchev–Trinajstić information content (AvgIpc) is 2.67. The fraction of sp³-hybridized carbons (Fsp3) is 0.100. The average molecular weight is 242 g/mol. The standard InChI is InChI=1S/C10H8ClNS2/c1-13-9-6-14-10(12-9)7-2-4-8(11)5-3-7/h2-6H,1H3. The molecule has 0 fully saturated rings. The lowest BCUT2D eigenvalue weighted by Gasteiger charge is -1.95. The van der Waals surface area contributed by atoms with Gasteiger partial charge in [-0.15, -0.1) is 23.1 Å². The van der Waals surface area contributed by atoms with E-state index in [0.29, 0.717) is 0 Å². The van der Waals surface area contributed by atoms with Crippen LogP contribution in [0.3, 0.4) is 0 Å². The van der Waals surface area contributed by atoms with Crippen LogP contribution in [0.5, 0.6) is 0 Å². The number of hydrogen-bond acceptors (Lipinski definition) is 3. The van der Waals surface area contributed by atoms with E-state index in [9.17, 15) is 0 Å². The van der Waals surface area contributed by atoms with Crippen molar-refractivity contribution in [1.29, 1.82) is 0 Å². The second kappa shape index (κ2) is 4.34. The Kier molecular flexibility index (Phi) is 3.11. The predicted molar refractivity (Wildman–Crippen MR) is 64.3 cm³/mol. The minimum Gasteiger partial charge on any atom is -0.230 e. The van der Waals surface area contributed by atoms with E-state index in [1.54, 1.807) is 23.1 Å². The molecule has 0 aliphatic heterocycles. The minimum absolute atomic E-state index is 0.760. The normalized spacial score (nSPS) is 10.4. The van der Waals surface area contributed by atoms with Crippen LogP contribution >= 0.6 is 34.7 Å². The number of thiazole rings is 1. The Labute approximate surface area is 96.1 Å². The van der Waals surface area contributed by atoms with E-state index in [-0.39, 0.29) is 0 Å². The van der Waals surface area contributed by atoms with Crippen LogP contribution in [0.15, 0.2) is 34.7 Å². The Morgan fingerprint density at radius 2 is 2.00 bits per heavy atom. The first kappa shape index (κ1) is 10.0. The van der Waals surface area contributed by atoms with E-state index in [1.807, 2.05) is 30.5 Å². The van der Waals surface area contributed by atoms with Crippen molar-refractivity contribution < 1.29 is 0 Å². The van der Waals surface area contributed by atoms with Crippen molar-refractivity contribution in [3.05, 3.63) is 34.7 Å². The predicted octanol–water partition coefficient (Wildman–Crippen LogP) is 4.19. The smallest absolute Gasteiger partial charge is 0.124 e. The molecule has 0 spiro atoms. The van der Waals surface area contributed by atoms with Crippen LogP contribution in [0.1, 0.15) is 0 Å². The molecule has 1 aromatic heterocycles. The highest BCUT2D eigenvalue weighted by atomic mass is 35.5. The number of aromatic nitrogens is 1. The number of nitrogens with zero attached hydrogens (tertiary/aromatic N) is 1. The van der Waals surface area contributed by atoms with Crippen LogP contribution in [0, 0.1) is 0 Å². The molecule has 4 heteroatoms. The highest BCUT2D eigenvalue weighted by Crippen LogP contribution is 2.27. The highest BCUT2D eigenvalue weighted by Gasteiger charge is 2.03. The summed E-state index contributed by atoms with van der Waals surface area (Å²) in [5.74, 6) is 0. The molecular weight excluding hydrogens is 234 g/mol. The fourth-order valence-corrected chi connectivity index (χ4v) is 2.66. The Bertz CT molecular complexity index is 422. The molecule has 72 valence electrons. The van der Waals surface area contributed by atoms with Gasteiger partial charge in [0.05, 0.1) is 0 Å². The van der Waals surface area contributed by atoms with Gasteiger partial charge in [0.1, 0.15) is 10.0 Å². The number of hydrogen-bond donors (Lipinski definition) is 0. The lowest BCUT2D eigenvalue weighted by molar-refractivity contribution is 1.21. The van der Waals surface area contributed by atoms with E-state index in [4.69, 9.17) is 11.6 Å². The Morgan fingerprint density at radius 3 is 2.57 bits per heavy atom. The SMILES string of the molecule is CSc1csc(-c2ccc(Cl)cc2)n1. The summed E-state index contributed by atoms with van der Waals surface area (Å²) in [6.07, 6.45) is 2.03. The third-order valence-electron chi connectivity index (χ3n) is 1.78. The lowest BCUT2D eigenvalue weighted by atomic mass is 10.2. The molecule has 0 atom stereocenters. The Balaban J connectivity index is 2.34.